The van der Waals surface area contributed by atoms with Gasteiger partial charge in [-0.3, -0.25) is 0 Å². The molecule has 23 heavy (non-hydrogen) atoms. The SMILES string of the molecule is C[n+]1ccc(Cn2ncc(N=Nc3ccccc3Cl)c2N)cc1. The van der Waals surface area contributed by atoms with E-state index in [1.165, 1.54) is 0 Å². The maximum Gasteiger partial charge on any atom is 0.168 e. The van der Waals surface area contributed by atoms with Gasteiger partial charge in [0.05, 0.1) is 17.8 Å². The van der Waals surface area contributed by atoms with Gasteiger partial charge in [-0.2, -0.15) is 5.10 Å². The summed E-state index contributed by atoms with van der Waals surface area (Å²) in [5.41, 5.74) is 8.31. The summed E-state index contributed by atoms with van der Waals surface area (Å²) in [6.07, 6.45) is 5.55. The molecule has 2 N–H and O–H groups in total. The van der Waals surface area contributed by atoms with E-state index in [0.717, 1.165) is 5.56 Å². The largest absolute Gasteiger partial charge is 0.382 e. The van der Waals surface area contributed by atoms with E-state index in [0.29, 0.717) is 28.8 Å². The van der Waals surface area contributed by atoms with Gasteiger partial charge in [-0.05, 0) is 17.7 Å². The summed E-state index contributed by atoms with van der Waals surface area (Å²) in [5, 5.41) is 13.1. The van der Waals surface area contributed by atoms with E-state index in [9.17, 15) is 0 Å². The van der Waals surface area contributed by atoms with Crippen LogP contribution in [0.4, 0.5) is 17.2 Å². The standard InChI is InChI=1S/C16H16ClN6/c1-22-8-6-12(7-9-22)11-23-16(18)15(10-19-23)21-20-14-5-3-2-4-13(14)17/h2-10H,11,18H2,1H3/q+1. The number of anilines is 1. The van der Waals surface area contributed by atoms with Crippen LogP contribution in [0.5, 0.6) is 0 Å². The van der Waals surface area contributed by atoms with Crippen LogP contribution in [0.3, 0.4) is 0 Å². The fourth-order valence-corrected chi connectivity index (χ4v) is 2.21. The number of nitrogens with zero attached hydrogens (tertiary/aromatic N) is 5. The van der Waals surface area contributed by atoms with Crippen molar-refractivity contribution in [1.29, 1.82) is 0 Å². The Balaban J connectivity index is 1.79. The van der Waals surface area contributed by atoms with Gasteiger partial charge >= 0.3 is 0 Å². The van der Waals surface area contributed by atoms with Crippen LogP contribution in [0.25, 0.3) is 0 Å². The van der Waals surface area contributed by atoms with Crippen molar-refractivity contribution in [1.82, 2.24) is 9.78 Å². The number of rotatable bonds is 4. The molecule has 0 saturated carbocycles. The molecular formula is C16H16ClN6+. The molecule has 0 saturated heterocycles. The molecule has 116 valence electrons. The second-order valence-corrected chi connectivity index (χ2v) is 5.50. The molecular weight excluding hydrogens is 312 g/mol. The molecule has 7 heteroatoms. The number of hydrogen-bond donors (Lipinski definition) is 1. The van der Waals surface area contributed by atoms with E-state index < -0.39 is 0 Å². The smallest absolute Gasteiger partial charge is 0.168 e. The molecule has 0 bridgehead atoms. The lowest BCUT2D eigenvalue weighted by Gasteiger charge is -2.03. The minimum atomic E-state index is 0.467. The highest BCUT2D eigenvalue weighted by molar-refractivity contribution is 6.32. The topological polar surface area (TPSA) is 72.4 Å². The van der Waals surface area contributed by atoms with Crippen molar-refractivity contribution in [2.75, 3.05) is 5.73 Å². The van der Waals surface area contributed by atoms with Crippen LogP contribution >= 0.6 is 11.6 Å². The van der Waals surface area contributed by atoms with Gasteiger partial charge in [-0.15, -0.1) is 10.2 Å². The average Bonchev–Trinajstić information content (AvgIpc) is 2.89. The van der Waals surface area contributed by atoms with Crippen LogP contribution in [-0.4, -0.2) is 9.78 Å². The predicted octanol–water partition coefficient (Wildman–Crippen LogP) is 3.41. The molecule has 0 aliphatic carbocycles. The fraction of sp³-hybridized carbons (Fsp3) is 0.125. The van der Waals surface area contributed by atoms with Crippen molar-refractivity contribution in [3.8, 4) is 0 Å². The molecule has 0 amide bonds. The summed E-state index contributed by atoms with van der Waals surface area (Å²) >= 11 is 6.05. The lowest BCUT2D eigenvalue weighted by molar-refractivity contribution is -0.671. The number of nitrogen functional groups attached to an aromatic ring is 1. The highest BCUT2D eigenvalue weighted by Crippen LogP contribution is 2.28. The van der Waals surface area contributed by atoms with Gasteiger partial charge in [0.15, 0.2) is 12.4 Å². The first kappa shape index (κ1) is 15.2. The Morgan fingerprint density at radius 2 is 1.83 bits per heavy atom. The Kier molecular flexibility index (Phi) is 4.34. The predicted molar refractivity (Wildman–Crippen MR) is 89.0 cm³/mol. The summed E-state index contributed by atoms with van der Waals surface area (Å²) in [5.74, 6) is 0.467. The van der Waals surface area contributed by atoms with Crippen LogP contribution in [-0.2, 0) is 13.6 Å². The van der Waals surface area contributed by atoms with Crippen LogP contribution in [0.1, 0.15) is 5.56 Å². The highest BCUT2D eigenvalue weighted by Gasteiger charge is 2.08. The first-order valence-electron chi connectivity index (χ1n) is 7.05. The zero-order chi connectivity index (χ0) is 16.2. The summed E-state index contributed by atoms with van der Waals surface area (Å²) in [7, 11) is 1.97. The van der Waals surface area contributed by atoms with E-state index in [-0.39, 0.29) is 0 Å². The van der Waals surface area contributed by atoms with Crippen molar-refractivity contribution < 1.29 is 4.57 Å². The lowest BCUT2D eigenvalue weighted by atomic mass is 10.3. The lowest BCUT2D eigenvalue weighted by Crippen LogP contribution is -2.26. The third-order valence-electron chi connectivity index (χ3n) is 3.36. The van der Waals surface area contributed by atoms with Crippen LogP contribution in [0.2, 0.25) is 5.02 Å². The van der Waals surface area contributed by atoms with Crippen molar-refractivity contribution >= 4 is 28.8 Å². The zero-order valence-electron chi connectivity index (χ0n) is 12.6. The number of aromatic nitrogens is 3. The second kappa shape index (κ2) is 6.58. The van der Waals surface area contributed by atoms with Crippen LogP contribution < -0.4 is 10.3 Å². The summed E-state index contributed by atoms with van der Waals surface area (Å²) in [6.45, 7) is 0.578. The molecule has 3 aromatic rings. The zero-order valence-corrected chi connectivity index (χ0v) is 13.4. The number of azo groups is 1. The van der Waals surface area contributed by atoms with Crippen LogP contribution in [0, 0.1) is 0 Å². The molecule has 0 spiro atoms. The normalized spacial score (nSPS) is 11.2. The molecule has 3 rings (SSSR count). The minimum Gasteiger partial charge on any atom is -0.382 e. The number of nitrogens with two attached hydrogens (primary N) is 1. The Hall–Kier alpha value is -2.73. The van der Waals surface area contributed by atoms with Gasteiger partial charge in [-0.25, -0.2) is 9.25 Å². The number of aryl methyl sites for hydroxylation is 1. The molecule has 0 atom stereocenters. The molecule has 1 aromatic carbocycles. The summed E-state index contributed by atoms with van der Waals surface area (Å²) < 4.78 is 3.66. The first-order chi connectivity index (χ1) is 11.1. The molecule has 2 heterocycles. The monoisotopic (exact) mass is 327 g/mol. The average molecular weight is 328 g/mol. The van der Waals surface area contributed by atoms with E-state index in [1.807, 2.05) is 48.3 Å². The van der Waals surface area contributed by atoms with Gasteiger partial charge in [0, 0.05) is 12.1 Å². The molecule has 2 aromatic heterocycles. The van der Waals surface area contributed by atoms with E-state index in [2.05, 4.69) is 15.3 Å². The molecule has 6 nitrogen and oxygen atoms in total. The third kappa shape index (κ3) is 3.54. The molecule has 0 radical (unpaired) electrons. The van der Waals surface area contributed by atoms with E-state index in [1.54, 1.807) is 23.0 Å². The van der Waals surface area contributed by atoms with Gasteiger partial charge in [0.1, 0.15) is 24.2 Å². The minimum absolute atomic E-state index is 0.467. The summed E-state index contributed by atoms with van der Waals surface area (Å²) in [6, 6.07) is 11.3. The van der Waals surface area contributed by atoms with Crippen molar-refractivity contribution in [2.45, 2.75) is 6.54 Å². The number of benzene rings is 1. The van der Waals surface area contributed by atoms with Gasteiger partial charge in [0.2, 0.25) is 0 Å². The maximum absolute atomic E-state index is 6.09. The van der Waals surface area contributed by atoms with Gasteiger partial charge < -0.3 is 5.73 Å². The number of halogens is 1. The van der Waals surface area contributed by atoms with Crippen molar-refractivity contribution in [3.63, 3.8) is 0 Å². The Morgan fingerprint density at radius 1 is 1.13 bits per heavy atom. The molecule has 0 aliphatic heterocycles. The second-order valence-electron chi connectivity index (χ2n) is 5.10. The Labute approximate surface area is 138 Å². The first-order valence-corrected chi connectivity index (χ1v) is 7.43. The van der Waals surface area contributed by atoms with Gasteiger partial charge in [0.25, 0.3) is 0 Å². The molecule has 0 aliphatic rings. The van der Waals surface area contributed by atoms with Crippen LogP contribution in [0.15, 0.2) is 65.2 Å². The maximum atomic E-state index is 6.09. The van der Waals surface area contributed by atoms with E-state index in [4.69, 9.17) is 17.3 Å². The number of hydrogen-bond acceptors (Lipinski definition) is 4. The molecule has 0 unspecified atom stereocenters. The number of pyridine rings is 1. The Morgan fingerprint density at radius 3 is 2.57 bits per heavy atom. The highest BCUT2D eigenvalue weighted by atomic mass is 35.5. The third-order valence-corrected chi connectivity index (χ3v) is 3.68. The quantitative estimate of drug-likeness (QED) is 0.589. The van der Waals surface area contributed by atoms with E-state index >= 15 is 0 Å². The summed E-state index contributed by atoms with van der Waals surface area (Å²) in [4.78, 5) is 0. The fourth-order valence-electron chi connectivity index (χ4n) is 2.04. The molecule has 0 fully saturated rings. The van der Waals surface area contributed by atoms with Crippen molar-refractivity contribution in [2.24, 2.45) is 17.3 Å². The van der Waals surface area contributed by atoms with Gasteiger partial charge in [-0.1, -0.05) is 23.7 Å². The van der Waals surface area contributed by atoms with Crippen molar-refractivity contribution in [3.05, 3.63) is 65.6 Å². The Bertz CT molecular complexity index is 838.